The van der Waals surface area contributed by atoms with E-state index in [1.54, 1.807) is 18.2 Å². The van der Waals surface area contributed by atoms with Gasteiger partial charge in [0.15, 0.2) is 0 Å². The van der Waals surface area contributed by atoms with Gasteiger partial charge in [-0.25, -0.2) is 0 Å². The van der Waals surface area contributed by atoms with E-state index in [1.807, 2.05) is 6.92 Å². The molecule has 0 saturated carbocycles. The van der Waals surface area contributed by atoms with Gasteiger partial charge in [0.1, 0.15) is 0 Å². The number of hydrogen-bond donors (Lipinski definition) is 1. The van der Waals surface area contributed by atoms with Crippen LogP contribution in [0.2, 0.25) is 10.0 Å². The van der Waals surface area contributed by atoms with Crippen molar-refractivity contribution in [1.29, 1.82) is 0 Å². The van der Waals surface area contributed by atoms with Crippen molar-refractivity contribution in [2.24, 2.45) is 0 Å². The second-order valence-corrected chi connectivity index (χ2v) is 3.43. The van der Waals surface area contributed by atoms with Crippen LogP contribution in [-0.2, 0) is 0 Å². The summed E-state index contributed by atoms with van der Waals surface area (Å²) in [5.41, 5.74) is 0.739. The van der Waals surface area contributed by atoms with Crippen molar-refractivity contribution in [3.8, 4) is 0 Å². The monoisotopic (exact) mass is 204 g/mol. The largest absolute Gasteiger partial charge is 0.388 e. The summed E-state index contributed by atoms with van der Waals surface area (Å²) in [7, 11) is 0. The maximum atomic E-state index is 9.47. The van der Waals surface area contributed by atoms with Gasteiger partial charge in [-0.2, -0.15) is 0 Å². The van der Waals surface area contributed by atoms with Crippen LogP contribution >= 0.6 is 23.2 Å². The second-order valence-electron chi connectivity index (χ2n) is 2.59. The van der Waals surface area contributed by atoms with Crippen molar-refractivity contribution >= 4 is 23.2 Å². The molecule has 0 bridgehead atoms. The number of aliphatic hydroxyl groups is 1. The molecule has 0 aliphatic rings. The third-order valence-electron chi connectivity index (χ3n) is 1.71. The minimum atomic E-state index is -0.491. The van der Waals surface area contributed by atoms with Crippen molar-refractivity contribution < 1.29 is 5.11 Å². The Balaban J connectivity index is 3.01. The lowest BCUT2D eigenvalue weighted by molar-refractivity contribution is 0.174. The molecule has 1 unspecified atom stereocenters. The van der Waals surface area contributed by atoms with E-state index >= 15 is 0 Å². The van der Waals surface area contributed by atoms with Gasteiger partial charge in [0.05, 0.1) is 6.10 Å². The SMILES string of the molecule is CCC(O)c1ccc(Cl)cc1Cl. The highest BCUT2D eigenvalue weighted by Gasteiger charge is 2.08. The molecule has 1 rings (SSSR count). The van der Waals surface area contributed by atoms with Gasteiger partial charge < -0.3 is 5.11 Å². The highest BCUT2D eigenvalue weighted by Crippen LogP contribution is 2.27. The van der Waals surface area contributed by atoms with Gasteiger partial charge in [0, 0.05) is 10.0 Å². The van der Waals surface area contributed by atoms with E-state index < -0.39 is 6.10 Å². The van der Waals surface area contributed by atoms with Crippen LogP contribution in [0.4, 0.5) is 0 Å². The van der Waals surface area contributed by atoms with Crippen LogP contribution in [0.25, 0.3) is 0 Å². The molecule has 0 aliphatic heterocycles. The third kappa shape index (κ3) is 2.13. The Kier molecular flexibility index (Phi) is 3.39. The lowest BCUT2D eigenvalue weighted by Crippen LogP contribution is -1.95. The Morgan fingerprint density at radius 1 is 1.42 bits per heavy atom. The molecule has 0 radical (unpaired) electrons. The zero-order chi connectivity index (χ0) is 9.14. The van der Waals surface area contributed by atoms with Crippen LogP contribution in [0.1, 0.15) is 25.0 Å². The van der Waals surface area contributed by atoms with Crippen LogP contribution in [0.5, 0.6) is 0 Å². The fourth-order valence-corrected chi connectivity index (χ4v) is 1.53. The number of benzene rings is 1. The third-order valence-corrected chi connectivity index (χ3v) is 2.27. The maximum Gasteiger partial charge on any atom is 0.0801 e. The normalized spacial score (nSPS) is 13.0. The topological polar surface area (TPSA) is 20.2 Å². The molecule has 1 nitrogen and oxygen atoms in total. The Labute approximate surface area is 81.9 Å². The van der Waals surface area contributed by atoms with E-state index in [-0.39, 0.29) is 0 Å². The molecular formula is C9H10Cl2O. The van der Waals surface area contributed by atoms with Gasteiger partial charge in [-0.1, -0.05) is 36.2 Å². The number of halogens is 2. The first kappa shape index (κ1) is 9.85. The molecule has 0 spiro atoms. The molecule has 1 atom stereocenters. The summed E-state index contributed by atoms with van der Waals surface area (Å²) in [6.45, 7) is 1.90. The smallest absolute Gasteiger partial charge is 0.0801 e. The summed E-state index contributed by atoms with van der Waals surface area (Å²) in [5, 5.41) is 10.6. The lowest BCUT2D eigenvalue weighted by atomic mass is 10.1. The van der Waals surface area contributed by atoms with Crippen molar-refractivity contribution in [3.63, 3.8) is 0 Å². The minimum Gasteiger partial charge on any atom is -0.388 e. The fraction of sp³-hybridized carbons (Fsp3) is 0.333. The molecule has 12 heavy (non-hydrogen) atoms. The van der Waals surface area contributed by atoms with E-state index in [1.165, 1.54) is 0 Å². The molecule has 1 aromatic carbocycles. The number of aliphatic hydroxyl groups excluding tert-OH is 1. The van der Waals surface area contributed by atoms with E-state index in [0.717, 1.165) is 5.56 Å². The van der Waals surface area contributed by atoms with Crippen LogP contribution < -0.4 is 0 Å². The van der Waals surface area contributed by atoms with E-state index in [9.17, 15) is 5.11 Å². The van der Waals surface area contributed by atoms with E-state index in [2.05, 4.69) is 0 Å². The highest BCUT2D eigenvalue weighted by molar-refractivity contribution is 6.35. The van der Waals surface area contributed by atoms with E-state index in [4.69, 9.17) is 23.2 Å². The van der Waals surface area contributed by atoms with Gasteiger partial charge in [-0.05, 0) is 24.1 Å². The minimum absolute atomic E-state index is 0.491. The Morgan fingerprint density at radius 2 is 2.08 bits per heavy atom. The molecule has 0 saturated heterocycles. The van der Waals surface area contributed by atoms with Crippen molar-refractivity contribution in [1.82, 2.24) is 0 Å². The number of hydrogen-bond acceptors (Lipinski definition) is 1. The zero-order valence-corrected chi connectivity index (χ0v) is 8.23. The van der Waals surface area contributed by atoms with Gasteiger partial charge in [0.2, 0.25) is 0 Å². The van der Waals surface area contributed by atoms with Gasteiger partial charge in [0.25, 0.3) is 0 Å². The van der Waals surface area contributed by atoms with Crippen LogP contribution in [0.3, 0.4) is 0 Å². The first-order valence-electron chi connectivity index (χ1n) is 3.78. The Morgan fingerprint density at radius 3 is 2.58 bits per heavy atom. The number of rotatable bonds is 2. The van der Waals surface area contributed by atoms with Crippen molar-refractivity contribution in [2.75, 3.05) is 0 Å². The summed E-state index contributed by atoms with van der Waals surface area (Å²) in [6.07, 6.45) is 0.163. The predicted octanol–water partition coefficient (Wildman–Crippen LogP) is 3.44. The standard InChI is InChI=1S/C9H10Cl2O/c1-2-9(12)7-4-3-6(10)5-8(7)11/h3-5,9,12H,2H2,1H3. The van der Waals surface area contributed by atoms with Gasteiger partial charge in [-0.15, -0.1) is 0 Å². The van der Waals surface area contributed by atoms with Crippen LogP contribution in [0.15, 0.2) is 18.2 Å². The molecular weight excluding hydrogens is 195 g/mol. The predicted molar refractivity (Wildman–Crippen MR) is 51.7 cm³/mol. The zero-order valence-electron chi connectivity index (χ0n) is 6.72. The summed E-state index contributed by atoms with van der Waals surface area (Å²) in [6, 6.07) is 5.11. The summed E-state index contributed by atoms with van der Waals surface area (Å²) >= 11 is 11.6. The molecule has 0 heterocycles. The Hall–Kier alpha value is -0.240. The summed E-state index contributed by atoms with van der Waals surface area (Å²) < 4.78 is 0. The average molecular weight is 205 g/mol. The second kappa shape index (κ2) is 4.13. The lowest BCUT2D eigenvalue weighted by Gasteiger charge is -2.09. The molecule has 1 aromatic rings. The van der Waals surface area contributed by atoms with Crippen LogP contribution in [-0.4, -0.2) is 5.11 Å². The molecule has 0 aliphatic carbocycles. The Bertz CT molecular complexity index is 273. The van der Waals surface area contributed by atoms with E-state index in [0.29, 0.717) is 16.5 Å². The molecule has 0 fully saturated rings. The molecule has 66 valence electrons. The average Bonchev–Trinajstić information content (AvgIpc) is 2.03. The van der Waals surface area contributed by atoms with Crippen molar-refractivity contribution in [3.05, 3.63) is 33.8 Å². The van der Waals surface area contributed by atoms with Crippen molar-refractivity contribution in [2.45, 2.75) is 19.4 Å². The summed E-state index contributed by atoms with van der Waals surface area (Å²) in [4.78, 5) is 0. The highest BCUT2D eigenvalue weighted by atomic mass is 35.5. The first-order valence-corrected chi connectivity index (χ1v) is 4.53. The van der Waals surface area contributed by atoms with Gasteiger partial charge >= 0.3 is 0 Å². The fourth-order valence-electron chi connectivity index (χ4n) is 0.992. The van der Waals surface area contributed by atoms with Crippen LogP contribution in [0, 0.1) is 0 Å². The maximum absolute atomic E-state index is 9.47. The summed E-state index contributed by atoms with van der Waals surface area (Å²) in [5.74, 6) is 0. The first-order chi connectivity index (χ1) is 5.65. The molecule has 0 amide bonds. The molecule has 3 heteroatoms. The molecule has 0 aromatic heterocycles. The quantitative estimate of drug-likeness (QED) is 0.783. The van der Waals surface area contributed by atoms with Gasteiger partial charge in [-0.3, -0.25) is 0 Å². The molecule has 1 N–H and O–H groups in total.